The van der Waals surface area contributed by atoms with E-state index in [0.29, 0.717) is 17.9 Å². The molecule has 0 saturated carbocycles. The van der Waals surface area contributed by atoms with Crippen LogP contribution < -0.4 is 0 Å². The van der Waals surface area contributed by atoms with E-state index in [9.17, 15) is 12.8 Å². The average molecular weight is 280 g/mol. The Hall–Kier alpha value is -0.650. The first-order chi connectivity index (χ1) is 7.95. The Labute approximate surface area is 106 Å². The molecule has 6 heteroatoms. The second-order valence-corrected chi connectivity index (χ2v) is 6.32. The fraction of sp³-hybridized carbons (Fsp3) is 0.455. The second kappa shape index (κ2) is 6.33. The van der Waals surface area contributed by atoms with Gasteiger partial charge >= 0.3 is 0 Å². The molecule has 0 N–H and O–H groups in total. The highest BCUT2D eigenvalue weighted by molar-refractivity contribution is 7.89. The first kappa shape index (κ1) is 14.4. The van der Waals surface area contributed by atoms with Crippen molar-refractivity contribution < 1.29 is 12.8 Å². The zero-order valence-corrected chi connectivity index (χ0v) is 11.1. The van der Waals surface area contributed by atoms with Crippen molar-refractivity contribution in [2.45, 2.75) is 13.0 Å². The van der Waals surface area contributed by atoms with E-state index >= 15 is 0 Å². The summed E-state index contributed by atoms with van der Waals surface area (Å²) in [4.78, 5) is 0. The summed E-state index contributed by atoms with van der Waals surface area (Å²) in [5.41, 5.74) is 0.627. The number of benzene rings is 1. The molecule has 1 aromatic rings. The minimum absolute atomic E-state index is 0.0162. The minimum Gasteiger partial charge on any atom is -0.212 e. The number of hydrogen-bond donors (Lipinski definition) is 0. The Kier molecular flexibility index (Phi) is 5.36. The minimum atomic E-state index is -3.31. The number of hydrogen-bond acceptors (Lipinski definition) is 2. The molecular weight excluding hydrogens is 265 g/mol. The average Bonchev–Trinajstić information content (AvgIpc) is 2.26. The summed E-state index contributed by atoms with van der Waals surface area (Å²) in [5, 5.41) is 0. The first-order valence-corrected chi connectivity index (χ1v) is 7.34. The number of sulfonamides is 1. The molecule has 0 spiro atoms. The van der Waals surface area contributed by atoms with Crippen LogP contribution in [0.2, 0.25) is 0 Å². The van der Waals surface area contributed by atoms with Crippen molar-refractivity contribution in [3.8, 4) is 0 Å². The van der Waals surface area contributed by atoms with Gasteiger partial charge in [-0.15, -0.1) is 11.6 Å². The predicted molar refractivity (Wildman–Crippen MR) is 67.0 cm³/mol. The van der Waals surface area contributed by atoms with Crippen LogP contribution in [0.4, 0.5) is 4.39 Å². The van der Waals surface area contributed by atoms with Gasteiger partial charge in [-0.05, 0) is 24.1 Å². The van der Waals surface area contributed by atoms with E-state index in [2.05, 4.69) is 0 Å². The van der Waals surface area contributed by atoms with Crippen molar-refractivity contribution in [1.82, 2.24) is 4.31 Å². The summed E-state index contributed by atoms with van der Waals surface area (Å²) in [6.45, 7) is 0.169. The predicted octanol–water partition coefficient (Wildman–Crippen LogP) is 2.22. The lowest BCUT2D eigenvalue weighted by molar-refractivity contribution is 0.465. The fourth-order valence-corrected chi connectivity index (χ4v) is 2.84. The zero-order chi connectivity index (χ0) is 12.9. The highest BCUT2D eigenvalue weighted by atomic mass is 35.5. The van der Waals surface area contributed by atoms with Crippen molar-refractivity contribution in [3.63, 3.8) is 0 Å². The van der Waals surface area contributed by atoms with Crippen molar-refractivity contribution >= 4 is 21.6 Å². The van der Waals surface area contributed by atoms with Crippen LogP contribution in [0.1, 0.15) is 12.0 Å². The summed E-state index contributed by atoms with van der Waals surface area (Å²) in [5.74, 6) is -0.0379. The number of nitrogens with zero attached hydrogens (tertiary/aromatic N) is 1. The number of halogens is 2. The molecule has 0 bridgehead atoms. The molecule has 0 radical (unpaired) electrons. The van der Waals surface area contributed by atoms with Crippen LogP contribution >= 0.6 is 11.6 Å². The van der Waals surface area contributed by atoms with Gasteiger partial charge in [0.25, 0.3) is 0 Å². The lowest BCUT2D eigenvalue weighted by Crippen LogP contribution is -2.29. The lowest BCUT2D eigenvalue weighted by atomic mass is 10.2. The van der Waals surface area contributed by atoms with Crippen LogP contribution in [0.25, 0.3) is 0 Å². The molecule has 0 amide bonds. The summed E-state index contributed by atoms with van der Waals surface area (Å²) in [6.07, 6.45) is 0.414. The maximum atomic E-state index is 12.9. The van der Waals surface area contributed by atoms with Crippen LogP contribution in [0.15, 0.2) is 24.3 Å². The first-order valence-electron chi connectivity index (χ1n) is 5.20. The van der Waals surface area contributed by atoms with Gasteiger partial charge in [-0.1, -0.05) is 12.1 Å². The van der Waals surface area contributed by atoms with Gasteiger partial charge in [-0.3, -0.25) is 0 Å². The van der Waals surface area contributed by atoms with Gasteiger partial charge in [0.15, 0.2) is 0 Å². The molecular formula is C11H15ClFNO2S. The van der Waals surface area contributed by atoms with E-state index in [0.717, 1.165) is 0 Å². The van der Waals surface area contributed by atoms with Crippen molar-refractivity contribution in [2.24, 2.45) is 0 Å². The molecule has 17 heavy (non-hydrogen) atoms. The SMILES string of the molecule is CN(Cc1cccc(F)c1)S(=O)(=O)CCCCl. The Morgan fingerprint density at radius 3 is 2.71 bits per heavy atom. The molecule has 0 saturated heterocycles. The monoisotopic (exact) mass is 279 g/mol. The Morgan fingerprint density at radius 1 is 1.41 bits per heavy atom. The molecule has 0 unspecified atom stereocenters. The van der Waals surface area contributed by atoms with Gasteiger partial charge in [0.05, 0.1) is 5.75 Å². The van der Waals surface area contributed by atoms with Gasteiger partial charge in [-0.2, -0.15) is 0 Å². The normalized spacial score (nSPS) is 12.0. The van der Waals surface area contributed by atoms with E-state index < -0.39 is 10.0 Å². The third kappa shape index (κ3) is 4.61. The molecule has 0 heterocycles. The number of rotatable bonds is 6. The molecule has 0 fully saturated rings. The lowest BCUT2D eigenvalue weighted by Gasteiger charge is -2.16. The summed E-state index contributed by atoms with van der Waals surface area (Å²) in [7, 11) is -1.83. The highest BCUT2D eigenvalue weighted by Gasteiger charge is 2.17. The van der Waals surface area contributed by atoms with E-state index in [4.69, 9.17) is 11.6 Å². The zero-order valence-electron chi connectivity index (χ0n) is 9.57. The maximum absolute atomic E-state index is 12.9. The van der Waals surface area contributed by atoms with Gasteiger partial charge in [0, 0.05) is 19.5 Å². The van der Waals surface area contributed by atoms with E-state index in [-0.39, 0.29) is 18.1 Å². The Balaban J connectivity index is 2.68. The molecule has 0 aliphatic carbocycles. The molecule has 3 nitrogen and oxygen atoms in total. The Bertz CT molecular complexity index is 464. The molecule has 1 aromatic carbocycles. The van der Waals surface area contributed by atoms with Gasteiger partial charge < -0.3 is 0 Å². The molecule has 0 aliphatic heterocycles. The third-order valence-electron chi connectivity index (χ3n) is 2.31. The molecule has 96 valence electrons. The van der Waals surface area contributed by atoms with Gasteiger partial charge in [0.2, 0.25) is 10.0 Å². The third-order valence-corrected chi connectivity index (χ3v) is 4.46. The molecule has 1 rings (SSSR count). The fourth-order valence-electron chi connectivity index (χ4n) is 1.38. The van der Waals surface area contributed by atoms with E-state index in [1.54, 1.807) is 12.1 Å². The molecule has 0 aliphatic rings. The van der Waals surface area contributed by atoms with Crippen LogP contribution in [-0.2, 0) is 16.6 Å². The van der Waals surface area contributed by atoms with Gasteiger partial charge in [0.1, 0.15) is 5.82 Å². The maximum Gasteiger partial charge on any atom is 0.214 e. The van der Waals surface area contributed by atoms with E-state index in [1.807, 2.05) is 0 Å². The van der Waals surface area contributed by atoms with Crippen LogP contribution in [-0.4, -0.2) is 31.4 Å². The van der Waals surface area contributed by atoms with Crippen LogP contribution in [0, 0.1) is 5.82 Å². The summed E-state index contributed by atoms with van der Waals surface area (Å²) < 4.78 is 37.7. The van der Waals surface area contributed by atoms with Gasteiger partial charge in [-0.25, -0.2) is 17.1 Å². The van der Waals surface area contributed by atoms with Crippen molar-refractivity contribution in [3.05, 3.63) is 35.6 Å². The van der Waals surface area contributed by atoms with Crippen LogP contribution in [0.3, 0.4) is 0 Å². The smallest absolute Gasteiger partial charge is 0.212 e. The number of alkyl halides is 1. The quantitative estimate of drug-likeness (QED) is 0.749. The second-order valence-electron chi connectivity index (χ2n) is 3.74. The largest absolute Gasteiger partial charge is 0.214 e. The van der Waals surface area contributed by atoms with Crippen molar-refractivity contribution in [2.75, 3.05) is 18.7 Å². The molecule has 0 atom stereocenters. The topological polar surface area (TPSA) is 37.4 Å². The summed E-state index contributed by atoms with van der Waals surface area (Å²) >= 11 is 5.46. The highest BCUT2D eigenvalue weighted by Crippen LogP contribution is 2.10. The van der Waals surface area contributed by atoms with Crippen LogP contribution in [0.5, 0.6) is 0 Å². The van der Waals surface area contributed by atoms with Crippen molar-refractivity contribution in [1.29, 1.82) is 0 Å². The summed E-state index contributed by atoms with van der Waals surface area (Å²) in [6, 6.07) is 5.90. The standard InChI is InChI=1S/C11H15ClFNO2S/c1-14(17(15,16)7-3-6-12)9-10-4-2-5-11(13)8-10/h2,4-5,8H,3,6-7,9H2,1H3. The van der Waals surface area contributed by atoms with E-state index in [1.165, 1.54) is 23.5 Å². The molecule has 0 aromatic heterocycles. The Morgan fingerprint density at radius 2 is 2.12 bits per heavy atom.